The highest BCUT2D eigenvalue weighted by molar-refractivity contribution is 7.92. The van der Waals surface area contributed by atoms with Gasteiger partial charge in [0.2, 0.25) is 0 Å². The third-order valence-electron chi connectivity index (χ3n) is 3.72. The van der Waals surface area contributed by atoms with Gasteiger partial charge in [0.1, 0.15) is 11.9 Å². The minimum atomic E-state index is -3.06. The Kier molecular flexibility index (Phi) is 5.75. The number of rotatable bonds is 4. The fourth-order valence-corrected chi connectivity index (χ4v) is 3.68. The van der Waals surface area contributed by atoms with E-state index in [-0.39, 0.29) is 31.0 Å². The molecule has 0 spiro atoms. The number of carbonyl (C=O) groups excluding carboxylic acids is 1. The molecule has 1 aromatic rings. The molecule has 128 valence electrons. The van der Waals surface area contributed by atoms with Gasteiger partial charge >= 0.3 is 6.03 Å². The Balaban J connectivity index is 1.79. The Hall–Kier alpha value is -1.47. The van der Waals surface area contributed by atoms with Crippen LogP contribution in [0.1, 0.15) is 13.8 Å². The Labute approximate surface area is 141 Å². The molecular weight excluding hydrogens is 340 g/mol. The molecule has 1 aliphatic rings. The van der Waals surface area contributed by atoms with Crippen LogP contribution < -0.4 is 10.1 Å². The predicted octanol–water partition coefficient (Wildman–Crippen LogP) is 1.94. The van der Waals surface area contributed by atoms with Crippen molar-refractivity contribution < 1.29 is 17.9 Å². The van der Waals surface area contributed by atoms with Gasteiger partial charge in [0.05, 0.1) is 17.5 Å². The molecule has 1 fully saturated rings. The first-order valence-corrected chi connectivity index (χ1v) is 9.54. The number of carbonyl (C=O) groups is 1. The molecule has 2 amide bonds. The Morgan fingerprint density at radius 1 is 1.43 bits per heavy atom. The average molecular weight is 361 g/mol. The van der Waals surface area contributed by atoms with Crippen molar-refractivity contribution in [1.82, 2.24) is 10.2 Å². The summed E-state index contributed by atoms with van der Waals surface area (Å²) in [5.41, 5.74) is 0. The molecule has 2 atom stereocenters. The van der Waals surface area contributed by atoms with Crippen molar-refractivity contribution in [3.8, 4) is 5.75 Å². The van der Waals surface area contributed by atoms with Crippen LogP contribution in [0.2, 0.25) is 5.02 Å². The molecule has 0 aliphatic carbocycles. The van der Waals surface area contributed by atoms with Crippen molar-refractivity contribution >= 4 is 27.5 Å². The summed E-state index contributed by atoms with van der Waals surface area (Å²) >= 11 is 5.81. The minimum absolute atomic E-state index is 0.0123. The largest absolute Gasteiger partial charge is 0.489 e. The second-order valence-electron chi connectivity index (χ2n) is 5.69. The van der Waals surface area contributed by atoms with Crippen LogP contribution >= 0.6 is 11.6 Å². The monoisotopic (exact) mass is 360 g/mol. The molecule has 1 heterocycles. The second kappa shape index (κ2) is 7.40. The minimum Gasteiger partial charge on any atom is -0.489 e. The van der Waals surface area contributed by atoms with Gasteiger partial charge in [-0.15, -0.1) is 0 Å². The molecule has 1 aliphatic heterocycles. The molecule has 0 bridgehead atoms. The number of benzene rings is 1. The maximum Gasteiger partial charge on any atom is 0.317 e. The summed E-state index contributed by atoms with van der Waals surface area (Å²) in [6.45, 7) is 4.25. The van der Waals surface area contributed by atoms with Crippen LogP contribution in [0.4, 0.5) is 4.79 Å². The lowest BCUT2D eigenvalue weighted by Gasteiger charge is -2.31. The van der Waals surface area contributed by atoms with Gasteiger partial charge in [-0.05, 0) is 38.1 Å². The van der Waals surface area contributed by atoms with Gasteiger partial charge in [0, 0.05) is 18.1 Å². The van der Waals surface area contributed by atoms with Crippen LogP contribution in [0.15, 0.2) is 24.3 Å². The lowest BCUT2D eigenvalue weighted by molar-refractivity contribution is 0.183. The zero-order valence-corrected chi connectivity index (χ0v) is 14.7. The van der Waals surface area contributed by atoms with Crippen LogP contribution in [0.25, 0.3) is 0 Å². The van der Waals surface area contributed by atoms with Crippen LogP contribution in [0.5, 0.6) is 5.75 Å². The first kappa shape index (κ1) is 17.9. The lowest BCUT2D eigenvalue weighted by atomic mass is 10.3. The number of ether oxygens (including phenoxy) is 1. The number of nitrogens with one attached hydrogen (secondary N) is 1. The van der Waals surface area contributed by atoms with Crippen LogP contribution in [-0.4, -0.2) is 56.1 Å². The van der Waals surface area contributed by atoms with E-state index in [1.807, 2.05) is 6.92 Å². The summed E-state index contributed by atoms with van der Waals surface area (Å²) in [5.74, 6) is 0.687. The number of urea groups is 1. The molecule has 23 heavy (non-hydrogen) atoms. The number of halogens is 1. The van der Waals surface area contributed by atoms with Gasteiger partial charge in [-0.25, -0.2) is 13.2 Å². The zero-order valence-electron chi connectivity index (χ0n) is 13.2. The van der Waals surface area contributed by atoms with E-state index in [0.29, 0.717) is 17.3 Å². The maximum absolute atomic E-state index is 12.1. The number of hydrogen-bond donors (Lipinski definition) is 1. The number of sulfone groups is 1. The van der Waals surface area contributed by atoms with Crippen molar-refractivity contribution in [3.63, 3.8) is 0 Å². The SMILES string of the molecule is CC1CN(C(=O)NC[C@H](C)Oc2ccc(Cl)cc2)CCS1(=O)=O. The van der Waals surface area contributed by atoms with E-state index in [9.17, 15) is 13.2 Å². The molecule has 2 rings (SSSR count). The normalized spacial score (nSPS) is 21.5. The molecule has 1 aromatic carbocycles. The lowest BCUT2D eigenvalue weighted by Crippen LogP contribution is -2.52. The fraction of sp³-hybridized carbons (Fsp3) is 0.533. The van der Waals surface area contributed by atoms with E-state index < -0.39 is 15.1 Å². The zero-order chi connectivity index (χ0) is 17.0. The third kappa shape index (κ3) is 5.00. The topological polar surface area (TPSA) is 75.7 Å². The van der Waals surface area contributed by atoms with Gasteiger partial charge in [-0.2, -0.15) is 0 Å². The molecule has 1 N–H and O–H groups in total. The van der Waals surface area contributed by atoms with E-state index >= 15 is 0 Å². The standard InChI is InChI=1S/C15H21ClN2O4S/c1-11(22-14-5-3-13(16)4-6-14)9-17-15(19)18-7-8-23(20,21)12(2)10-18/h3-6,11-12H,7-10H2,1-2H3,(H,17,19)/t11-,12?/m0/s1. The number of nitrogens with zero attached hydrogens (tertiary/aromatic N) is 1. The van der Waals surface area contributed by atoms with Crippen molar-refractivity contribution in [2.45, 2.75) is 25.2 Å². The molecule has 6 nitrogen and oxygen atoms in total. The predicted molar refractivity (Wildman–Crippen MR) is 89.8 cm³/mol. The van der Waals surface area contributed by atoms with Gasteiger partial charge < -0.3 is 15.0 Å². The van der Waals surface area contributed by atoms with Crippen LogP contribution in [-0.2, 0) is 9.84 Å². The van der Waals surface area contributed by atoms with E-state index in [4.69, 9.17) is 16.3 Å². The highest BCUT2D eigenvalue weighted by Crippen LogP contribution is 2.16. The first-order valence-electron chi connectivity index (χ1n) is 7.44. The molecule has 0 saturated carbocycles. The summed E-state index contributed by atoms with van der Waals surface area (Å²) in [6.07, 6.45) is -0.217. The Morgan fingerprint density at radius 3 is 2.70 bits per heavy atom. The van der Waals surface area contributed by atoms with Crippen molar-refractivity contribution in [2.75, 3.05) is 25.4 Å². The summed E-state index contributed by atoms with van der Waals surface area (Å²) in [6, 6.07) is 6.73. The molecule has 1 saturated heterocycles. The molecule has 0 radical (unpaired) electrons. The summed E-state index contributed by atoms with van der Waals surface area (Å²) in [4.78, 5) is 13.6. The maximum atomic E-state index is 12.1. The highest BCUT2D eigenvalue weighted by atomic mass is 35.5. The highest BCUT2D eigenvalue weighted by Gasteiger charge is 2.31. The van der Waals surface area contributed by atoms with Crippen molar-refractivity contribution in [2.24, 2.45) is 0 Å². The molecule has 8 heteroatoms. The van der Waals surface area contributed by atoms with Gasteiger partial charge in [0.15, 0.2) is 9.84 Å². The summed E-state index contributed by atoms with van der Waals surface area (Å²) in [7, 11) is -3.06. The van der Waals surface area contributed by atoms with E-state index in [1.54, 1.807) is 31.2 Å². The van der Waals surface area contributed by atoms with Crippen molar-refractivity contribution in [1.29, 1.82) is 0 Å². The smallest absolute Gasteiger partial charge is 0.317 e. The fourth-order valence-electron chi connectivity index (χ4n) is 2.27. The van der Waals surface area contributed by atoms with Crippen LogP contribution in [0.3, 0.4) is 0 Å². The number of amides is 2. The van der Waals surface area contributed by atoms with Gasteiger partial charge in [-0.1, -0.05) is 11.6 Å². The third-order valence-corrected chi connectivity index (χ3v) is 6.09. The summed E-state index contributed by atoms with van der Waals surface area (Å²) < 4.78 is 29.0. The Bertz CT molecular complexity index is 648. The quantitative estimate of drug-likeness (QED) is 0.890. The second-order valence-corrected chi connectivity index (χ2v) is 8.67. The number of hydrogen-bond acceptors (Lipinski definition) is 4. The molecule has 1 unspecified atom stereocenters. The van der Waals surface area contributed by atoms with Crippen LogP contribution in [0, 0.1) is 0 Å². The summed E-state index contributed by atoms with van der Waals surface area (Å²) in [5, 5.41) is 2.88. The van der Waals surface area contributed by atoms with Gasteiger partial charge in [0.25, 0.3) is 0 Å². The van der Waals surface area contributed by atoms with Crippen molar-refractivity contribution in [3.05, 3.63) is 29.3 Å². The first-order chi connectivity index (χ1) is 10.8. The van der Waals surface area contributed by atoms with E-state index in [2.05, 4.69) is 5.32 Å². The van der Waals surface area contributed by atoms with E-state index in [1.165, 1.54) is 4.90 Å². The molecular formula is C15H21ClN2O4S. The average Bonchev–Trinajstić information content (AvgIpc) is 2.50. The molecule has 0 aromatic heterocycles. The van der Waals surface area contributed by atoms with E-state index in [0.717, 1.165) is 0 Å². The Morgan fingerprint density at radius 2 is 2.09 bits per heavy atom. The van der Waals surface area contributed by atoms with Gasteiger partial charge in [-0.3, -0.25) is 0 Å².